The number of nitrogens with one attached hydrogen (secondary N) is 1. The minimum absolute atomic E-state index is 0.163. The van der Waals surface area contributed by atoms with Crippen LogP contribution in [0.3, 0.4) is 0 Å². The maximum absolute atomic E-state index is 13.8. The molecule has 2 atom stereocenters. The van der Waals surface area contributed by atoms with Gasteiger partial charge in [-0.25, -0.2) is 4.39 Å². The molecule has 2 aromatic rings. The molecular weight excluding hydrogens is 313 g/mol. The number of Topliss-reactive ketones (excluding diaryl/α,β-unsaturated/α-hetero) is 1. The van der Waals surface area contributed by atoms with Crippen LogP contribution in [0.15, 0.2) is 42.5 Å². The fourth-order valence-electron chi connectivity index (χ4n) is 3.45. The van der Waals surface area contributed by atoms with Crippen molar-refractivity contribution in [3.05, 3.63) is 70.5 Å². The standard InChI is InChI=1S/C22H24FNO/c1-14-2-9-20(23)19(10-14)22(25)11-15-5-7-17(8-6-15)18-12-21(18)24-13-16-3-4-16/h2,5-10,16,18,21,24H,3-4,11-13H2,1H3. The summed E-state index contributed by atoms with van der Waals surface area (Å²) in [5, 5.41) is 3.65. The molecule has 2 nitrogen and oxygen atoms in total. The van der Waals surface area contributed by atoms with Crippen molar-refractivity contribution in [2.75, 3.05) is 6.54 Å². The van der Waals surface area contributed by atoms with E-state index in [9.17, 15) is 9.18 Å². The minimum Gasteiger partial charge on any atom is -0.313 e. The Labute approximate surface area is 148 Å². The summed E-state index contributed by atoms with van der Waals surface area (Å²) in [4.78, 5) is 12.4. The van der Waals surface area contributed by atoms with Gasteiger partial charge in [-0.05, 0) is 61.9 Å². The Morgan fingerprint density at radius 2 is 1.92 bits per heavy atom. The number of halogens is 1. The second-order valence-electron chi connectivity index (χ2n) is 7.63. The maximum atomic E-state index is 13.8. The molecule has 0 amide bonds. The lowest BCUT2D eigenvalue weighted by Crippen LogP contribution is -2.20. The summed E-state index contributed by atoms with van der Waals surface area (Å²) in [6.45, 7) is 3.03. The van der Waals surface area contributed by atoms with Gasteiger partial charge in [-0.2, -0.15) is 0 Å². The zero-order valence-electron chi connectivity index (χ0n) is 14.6. The molecule has 2 aliphatic carbocycles. The summed E-state index contributed by atoms with van der Waals surface area (Å²) in [5.41, 5.74) is 3.37. The summed E-state index contributed by atoms with van der Waals surface area (Å²) < 4.78 is 13.8. The van der Waals surface area contributed by atoms with Crippen molar-refractivity contribution in [1.29, 1.82) is 0 Å². The van der Waals surface area contributed by atoms with E-state index in [0.717, 1.165) is 23.6 Å². The Balaban J connectivity index is 1.36. The van der Waals surface area contributed by atoms with Crippen LogP contribution in [0.2, 0.25) is 0 Å². The van der Waals surface area contributed by atoms with Crippen molar-refractivity contribution in [3.8, 4) is 0 Å². The van der Waals surface area contributed by atoms with E-state index in [1.54, 1.807) is 12.1 Å². The molecule has 130 valence electrons. The number of carbonyl (C=O) groups is 1. The van der Waals surface area contributed by atoms with Gasteiger partial charge in [0.05, 0.1) is 5.56 Å². The van der Waals surface area contributed by atoms with Crippen molar-refractivity contribution >= 4 is 5.78 Å². The monoisotopic (exact) mass is 337 g/mol. The summed E-state index contributed by atoms with van der Waals surface area (Å²) in [6.07, 6.45) is 4.22. The van der Waals surface area contributed by atoms with Crippen molar-refractivity contribution in [2.24, 2.45) is 5.92 Å². The van der Waals surface area contributed by atoms with Gasteiger partial charge in [-0.1, -0.05) is 35.9 Å². The molecule has 3 heteroatoms. The molecule has 25 heavy (non-hydrogen) atoms. The highest BCUT2D eigenvalue weighted by molar-refractivity contribution is 5.97. The number of aryl methyl sites for hydroxylation is 1. The normalized spacial score (nSPS) is 22.0. The Kier molecular flexibility index (Phi) is 4.43. The van der Waals surface area contributed by atoms with Crippen LogP contribution < -0.4 is 5.32 Å². The SMILES string of the molecule is Cc1ccc(F)c(C(=O)Cc2ccc(C3CC3NCC3CC3)cc2)c1. The Hall–Kier alpha value is -2.00. The molecule has 0 radical (unpaired) electrons. The highest BCUT2D eigenvalue weighted by atomic mass is 19.1. The molecule has 0 aliphatic heterocycles. The average molecular weight is 337 g/mol. The molecule has 0 saturated heterocycles. The van der Waals surface area contributed by atoms with Gasteiger partial charge in [-0.3, -0.25) is 4.79 Å². The zero-order chi connectivity index (χ0) is 17.4. The molecule has 0 bridgehead atoms. The Morgan fingerprint density at radius 1 is 1.16 bits per heavy atom. The fraction of sp³-hybridized carbons (Fsp3) is 0.409. The van der Waals surface area contributed by atoms with E-state index < -0.39 is 5.82 Å². The Morgan fingerprint density at radius 3 is 2.64 bits per heavy atom. The predicted molar refractivity (Wildman–Crippen MR) is 97.5 cm³/mol. The van der Waals surface area contributed by atoms with Gasteiger partial charge in [0.25, 0.3) is 0 Å². The summed E-state index contributed by atoms with van der Waals surface area (Å²) >= 11 is 0. The van der Waals surface area contributed by atoms with Crippen LogP contribution in [0.4, 0.5) is 4.39 Å². The van der Waals surface area contributed by atoms with Gasteiger partial charge in [0.15, 0.2) is 5.78 Å². The zero-order valence-corrected chi connectivity index (χ0v) is 14.6. The third kappa shape index (κ3) is 3.98. The van der Waals surface area contributed by atoms with Crippen LogP contribution in [0.25, 0.3) is 0 Å². The molecule has 4 rings (SSSR count). The van der Waals surface area contributed by atoms with Gasteiger partial charge in [0, 0.05) is 18.4 Å². The first-order chi connectivity index (χ1) is 12.1. The lowest BCUT2D eigenvalue weighted by Gasteiger charge is -2.06. The largest absolute Gasteiger partial charge is 0.313 e. The van der Waals surface area contributed by atoms with Crippen LogP contribution >= 0.6 is 0 Å². The van der Waals surface area contributed by atoms with Gasteiger partial charge in [0.2, 0.25) is 0 Å². The van der Waals surface area contributed by atoms with Crippen LogP contribution in [-0.2, 0) is 6.42 Å². The molecule has 2 aliphatic rings. The lowest BCUT2D eigenvalue weighted by molar-refractivity contribution is 0.0989. The highest BCUT2D eigenvalue weighted by Gasteiger charge is 2.38. The summed E-state index contributed by atoms with van der Waals surface area (Å²) in [7, 11) is 0. The number of ketones is 1. The molecule has 2 saturated carbocycles. The predicted octanol–water partition coefficient (Wildman–Crippen LogP) is 4.42. The molecule has 0 aromatic heterocycles. The van der Waals surface area contributed by atoms with Crippen molar-refractivity contribution in [1.82, 2.24) is 5.32 Å². The van der Waals surface area contributed by atoms with Crippen molar-refractivity contribution in [3.63, 3.8) is 0 Å². The third-order valence-electron chi connectivity index (χ3n) is 5.35. The molecule has 2 fully saturated rings. The van der Waals surface area contributed by atoms with Crippen LogP contribution in [-0.4, -0.2) is 18.4 Å². The van der Waals surface area contributed by atoms with Crippen LogP contribution in [0, 0.1) is 18.7 Å². The van der Waals surface area contributed by atoms with Crippen molar-refractivity contribution < 1.29 is 9.18 Å². The minimum atomic E-state index is -0.435. The molecule has 0 spiro atoms. The van der Waals surface area contributed by atoms with Gasteiger partial charge >= 0.3 is 0 Å². The first-order valence-corrected chi connectivity index (χ1v) is 9.22. The van der Waals surface area contributed by atoms with E-state index in [2.05, 4.69) is 17.4 Å². The van der Waals surface area contributed by atoms with E-state index in [4.69, 9.17) is 0 Å². The highest BCUT2D eigenvalue weighted by Crippen LogP contribution is 2.41. The number of benzene rings is 2. The fourth-order valence-corrected chi connectivity index (χ4v) is 3.45. The Bertz CT molecular complexity index is 779. The smallest absolute Gasteiger partial charge is 0.170 e. The maximum Gasteiger partial charge on any atom is 0.170 e. The molecule has 0 heterocycles. The van der Waals surface area contributed by atoms with Gasteiger partial charge in [-0.15, -0.1) is 0 Å². The summed E-state index contributed by atoms with van der Waals surface area (Å²) in [6, 6.07) is 13.6. The van der Waals surface area contributed by atoms with E-state index >= 15 is 0 Å². The lowest BCUT2D eigenvalue weighted by atomic mass is 9.99. The van der Waals surface area contributed by atoms with Crippen LogP contribution in [0.1, 0.15) is 52.2 Å². The molecule has 1 N–H and O–H groups in total. The molecule has 2 aromatic carbocycles. The number of rotatable bonds is 7. The summed E-state index contributed by atoms with van der Waals surface area (Å²) in [5.74, 6) is 0.925. The van der Waals surface area contributed by atoms with E-state index in [0.29, 0.717) is 12.0 Å². The quantitative estimate of drug-likeness (QED) is 0.758. The van der Waals surface area contributed by atoms with Crippen LogP contribution in [0.5, 0.6) is 0 Å². The second kappa shape index (κ2) is 6.72. The number of hydrogen-bond donors (Lipinski definition) is 1. The van der Waals surface area contributed by atoms with Gasteiger partial charge < -0.3 is 5.32 Å². The first kappa shape index (κ1) is 16.5. The number of carbonyl (C=O) groups excluding carboxylic acids is 1. The van der Waals surface area contributed by atoms with E-state index in [1.807, 2.05) is 19.1 Å². The average Bonchev–Trinajstić information content (AvgIpc) is 3.50. The third-order valence-corrected chi connectivity index (χ3v) is 5.35. The second-order valence-corrected chi connectivity index (χ2v) is 7.63. The van der Waals surface area contributed by atoms with E-state index in [1.165, 1.54) is 30.9 Å². The van der Waals surface area contributed by atoms with E-state index in [-0.39, 0.29) is 17.8 Å². The number of hydrogen-bond acceptors (Lipinski definition) is 2. The molecular formula is C22H24FNO. The topological polar surface area (TPSA) is 29.1 Å². The molecule has 2 unspecified atom stereocenters. The van der Waals surface area contributed by atoms with Gasteiger partial charge in [0.1, 0.15) is 5.82 Å². The van der Waals surface area contributed by atoms with Crippen molar-refractivity contribution in [2.45, 2.75) is 44.6 Å². The first-order valence-electron chi connectivity index (χ1n) is 9.22.